The summed E-state index contributed by atoms with van der Waals surface area (Å²) < 4.78 is 1.61. The highest BCUT2D eigenvalue weighted by Gasteiger charge is 2.34. The van der Waals surface area contributed by atoms with Crippen molar-refractivity contribution < 1.29 is 9.59 Å². The number of piperidine rings is 1. The Morgan fingerprint density at radius 1 is 1.29 bits per heavy atom. The van der Waals surface area contributed by atoms with Crippen molar-refractivity contribution in [1.82, 2.24) is 14.5 Å². The zero-order valence-corrected chi connectivity index (χ0v) is 12.6. The van der Waals surface area contributed by atoms with E-state index in [4.69, 9.17) is 28.9 Å². The Kier molecular flexibility index (Phi) is 3.30. The molecule has 21 heavy (non-hydrogen) atoms. The van der Waals surface area contributed by atoms with Crippen LogP contribution in [0.5, 0.6) is 0 Å². The minimum absolute atomic E-state index is 0.194. The number of imide groups is 1. The largest absolute Gasteiger partial charge is 0.369 e. The summed E-state index contributed by atoms with van der Waals surface area (Å²) in [6.45, 7) is 0. The Bertz CT molecular complexity index is 771. The van der Waals surface area contributed by atoms with Gasteiger partial charge in [-0.1, -0.05) is 23.2 Å². The molecule has 3 rings (SSSR count). The number of carbonyl (C=O) groups excluding carboxylic acids is 2. The third-order valence-corrected chi connectivity index (χ3v) is 4.41. The minimum atomic E-state index is -0.560. The molecule has 2 heterocycles. The molecule has 2 amide bonds. The van der Waals surface area contributed by atoms with Gasteiger partial charge in [-0.2, -0.15) is 0 Å². The first kappa shape index (κ1) is 14.2. The third kappa shape index (κ3) is 2.15. The van der Waals surface area contributed by atoms with Crippen LogP contribution in [0, 0.1) is 0 Å². The van der Waals surface area contributed by atoms with Crippen molar-refractivity contribution in [2.45, 2.75) is 18.9 Å². The maximum atomic E-state index is 12.3. The molecular weight excluding hydrogens is 315 g/mol. The molecule has 2 N–H and O–H groups in total. The fraction of sp³-hybridized carbons (Fsp3) is 0.308. The van der Waals surface area contributed by atoms with Crippen molar-refractivity contribution in [3.63, 3.8) is 0 Å². The summed E-state index contributed by atoms with van der Waals surface area (Å²) in [6.07, 6.45) is 0.672. The number of likely N-dealkylation sites (tertiary alicyclic amines) is 1. The summed E-state index contributed by atoms with van der Waals surface area (Å²) in [7, 11) is 1.47. The van der Waals surface area contributed by atoms with E-state index >= 15 is 0 Å². The van der Waals surface area contributed by atoms with Crippen LogP contribution in [0.3, 0.4) is 0 Å². The number of hydrogen-bond donors (Lipinski definition) is 1. The number of nitrogens with zero attached hydrogens (tertiary/aromatic N) is 3. The number of fused-ring (bicyclic) bond motifs is 1. The molecule has 0 radical (unpaired) electrons. The number of anilines is 1. The Morgan fingerprint density at radius 3 is 2.67 bits per heavy atom. The van der Waals surface area contributed by atoms with Crippen molar-refractivity contribution in [1.29, 1.82) is 0 Å². The molecule has 1 aromatic heterocycles. The second-order valence-corrected chi connectivity index (χ2v) is 5.75. The van der Waals surface area contributed by atoms with E-state index in [-0.39, 0.29) is 24.2 Å². The van der Waals surface area contributed by atoms with Gasteiger partial charge in [-0.3, -0.25) is 19.1 Å². The van der Waals surface area contributed by atoms with E-state index in [1.807, 2.05) is 0 Å². The Labute approximate surface area is 130 Å². The predicted octanol–water partition coefficient (Wildman–Crippen LogP) is 2.25. The lowest BCUT2D eigenvalue weighted by Crippen LogP contribution is -2.43. The monoisotopic (exact) mass is 326 g/mol. The molecule has 1 aliphatic heterocycles. The topological polar surface area (TPSA) is 81.2 Å². The van der Waals surface area contributed by atoms with Gasteiger partial charge in [-0.25, -0.2) is 4.98 Å². The molecule has 2 aromatic rings. The van der Waals surface area contributed by atoms with Crippen LogP contribution in [0.25, 0.3) is 11.0 Å². The first-order valence-corrected chi connectivity index (χ1v) is 7.08. The number of nitrogens with two attached hydrogens (primary N) is 1. The molecule has 6 nitrogen and oxygen atoms in total. The van der Waals surface area contributed by atoms with Crippen molar-refractivity contribution in [3.8, 4) is 0 Å². The van der Waals surface area contributed by atoms with E-state index < -0.39 is 6.04 Å². The highest BCUT2D eigenvalue weighted by molar-refractivity contribution is 6.42. The second-order valence-electron chi connectivity index (χ2n) is 4.94. The number of aromatic nitrogens is 2. The minimum Gasteiger partial charge on any atom is -0.369 e. The van der Waals surface area contributed by atoms with Crippen LogP contribution >= 0.6 is 23.2 Å². The number of amides is 2. The first-order valence-electron chi connectivity index (χ1n) is 6.33. The van der Waals surface area contributed by atoms with Gasteiger partial charge in [0, 0.05) is 13.5 Å². The molecule has 0 aliphatic carbocycles. The lowest BCUT2D eigenvalue weighted by Gasteiger charge is -2.29. The average molecular weight is 327 g/mol. The summed E-state index contributed by atoms with van der Waals surface area (Å²) in [6, 6.07) is 2.68. The summed E-state index contributed by atoms with van der Waals surface area (Å²) in [4.78, 5) is 29.2. The molecule has 1 unspecified atom stereocenters. The molecule has 0 saturated carbocycles. The predicted molar refractivity (Wildman–Crippen MR) is 80.2 cm³/mol. The number of nitrogen functional groups attached to an aromatic ring is 1. The highest BCUT2D eigenvalue weighted by atomic mass is 35.5. The zero-order valence-electron chi connectivity index (χ0n) is 11.1. The normalized spacial score (nSPS) is 19.6. The standard InChI is InChI=1S/C13H12Cl2N4O2/c1-18-11(20)3-2-9(12(18)21)19-10-5-7(15)6(14)4-8(10)17-13(19)16/h4-5,9H,2-3H2,1H3,(H2,16,17). The fourth-order valence-corrected chi connectivity index (χ4v) is 2.89. The van der Waals surface area contributed by atoms with Crippen LogP contribution in [0.4, 0.5) is 5.95 Å². The molecule has 1 fully saturated rings. The van der Waals surface area contributed by atoms with E-state index in [0.29, 0.717) is 27.5 Å². The zero-order chi connectivity index (χ0) is 15.3. The molecule has 1 aromatic carbocycles. The second kappa shape index (κ2) is 4.89. The van der Waals surface area contributed by atoms with E-state index in [2.05, 4.69) is 4.98 Å². The van der Waals surface area contributed by atoms with E-state index in [0.717, 1.165) is 4.90 Å². The highest BCUT2D eigenvalue weighted by Crippen LogP contribution is 2.33. The van der Waals surface area contributed by atoms with E-state index in [9.17, 15) is 9.59 Å². The SMILES string of the molecule is CN1C(=O)CCC(n2c(N)nc3cc(Cl)c(Cl)cc32)C1=O. The molecule has 1 aliphatic rings. The molecule has 8 heteroatoms. The molecule has 110 valence electrons. The smallest absolute Gasteiger partial charge is 0.252 e. The average Bonchev–Trinajstić information content (AvgIpc) is 2.73. The molecular formula is C13H12Cl2N4O2. The lowest BCUT2D eigenvalue weighted by atomic mass is 10.0. The van der Waals surface area contributed by atoms with Crippen molar-refractivity contribution in [2.24, 2.45) is 0 Å². The maximum Gasteiger partial charge on any atom is 0.252 e. The van der Waals surface area contributed by atoms with Crippen LogP contribution in [-0.2, 0) is 9.59 Å². The van der Waals surface area contributed by atoms with Gasteiger partial charge >= 0.3 is 0 Å². The van der Waals surface area contributed by atoms with Gasteiger partial charge in [0.2, 0.25) is 11.9 Å². The lowest BCUT2D eigenvalue weighted by molar-refractivity contribution is -0.149. The van der Waals surface area contributed by atoms with Gasteiger partial charge in [0.25, 0.3) is 5.91 Å². The number of halogens is 2. The van der Waals surface area contributed by atoms with Gasteiger partial charge in [0.1, 0.15) is 6.04 Å². The fourth-order valence-electron chi connectivity index (χ4n) is 2.57. The third-order valence-electron chi connectivity index (χ3n) is 3.69. The number of benzene rings is 1. The van der Waals surface area contributed by atoms with Crippen molar-refractivity contribution >= 4 is 52.0 Å². The first-order chi connectivity index (χ1) is 9.90. The van der Waals surface area contributed by atoms with Crippen LogP contribution in [0.1, 0.15) is 18.9 Å². The number of carbonyl (C=O) groups is 2. The van der Waals surface area contributed by atoms with Gasteiger partial charge in [0.15, 0.2) is 0 Å². The quantitative estimate of drug-likeness (QED) is 0.815. The molecule has 0 bridgehead atoms. The van der Waals surface area contributed by atoms with Gasteiger partial charge in [-0.05, 0) is 18.6 Å². The van der Waals surface area contributed by atoms with Crippen molar-refractivity contribution in [3.05, 3.63) is 22.2 Å². The van der Waals surface area contributed by atoms with Gasteiger partial charge < -0.3 is 5.73 Å². The number of rotatable bonds is 1. The molecule has 1 atom stereocenters. The van der Waals surface area contributed by atoms with E-state index in [1.165, 1.54) is 7.05 Å². The van der Waals surface area contributed by atoms with E-state index in [1.54, 1.807) is 16.7 Å². The number of imidazole rings is 1. The van der Waals surface area contributed by atoms with Crippen LogP contribution in [-0.4, -0.2) is 33.3 Å². The van der Waals surface area contributed by atoms with Crippen LogP contribution in [0.15, 0.2) is 12.1 Å². The van der Waals surface area contributed by atoms with Crippen molar-refractivity contribution in [2.75, 3.05) is 12.8 Å². The Hall–Kier alpha value is -1.79. The van der Waals surface area contributed by atoms with Gasteiger partial charge in [0.05, 0.1) is 21.1 Å². The van der Waals surface area contributed by atoms with Gasteiger partial charge in [-0.15, -0.1) is 0 Å². The Balaban J connectivity index is 2.16. The number of hydrogen-bond acceptors (Lipinski definition) is 4. The maximum absolute atomic E-state index is 12.3. The summed E-state index contributed by atoms with van der Waals surface area (Å²) in [5.41, 5.74) is 7.13. The molecule has 0 spiro atoms. The Morgan fingerprint density at radius 2 is 1.95 bits per heavy atom. The summed E-state index contributed by atoms with van der Waals surface area (Å²) in [5, 5.41) is 0.731. The summed E-state index contributed by atoms with van der Waals surface area (Å²) >= 11 is 12.0. The molecule has 1 saturated heterocycles. The number of likely N-dealkylation sites (N-methyl/N-ethyl adjacent to an activating group) is 1. The van der Waals surface area contributed by atoms with Crippen LogP contribution < -0.4 is 5.73 Å². The van der Waals surface area contributed by atoms with Crippen LogP contribution in [0.2, 0.25) is 10.0 Å². The summed E-state index contributed by atoms with van der Waals surface area (Å²) in [5.74, 6) is -0.298.